The van der Waals surface area contributed by atoms with Gasteiger partial charge in [-0.2, -0.15) is 0 Å². The van der Waals surface area contributed by atoms with Gasteiger partial charge < -0.3 is 0 Å². The molecule has 166 valence electrons. The molecular formula is C30H32F2. The molecule has 0 N–H and O–H groups in total. The van der Waals surface area contributed by atoms with E-state index in [4.69, 9.17) is 0 Å². The number of hydrogen-bond acceptors (Lipinski definition) is 0. The Morgan fingerprint density at radius 1 is 0.781 bits per heavy atom. The molecule has 0 bridgehead atoms. The monoisotopic (exact) mass is 430 g/mol. The molecule has 0 unspecified atom stereocenters. The predicted molar refractivity (Wildman–Crippen MR) is 130 cm³/mol. The molecule has 1 fully saturated rings. The third kappa shape index (κ3) is 5.77. The van der Waals surface area contributed by atoms with Crippen LogP contribution < -0.4 is 0 Å². The summed E-state index contributed by atoms with van der Waals surface area (Å²) in [5, 5.41) is 0.944. The molecular weight excluding hydrogens is 398 g/mol. The van der Waals surface area contributed by atoms with Crippen molar-refractivity contribution in [1.82, 2.24) is 0 Å². The van der Waals surface area contributed by atoms with E-state index >= 15 is 0 Å². The fraction of sp³-hybridized carbons (Fsp3) is 0.400. The van der Waals surface area contributed by atoms with E-state index in [0.717, 1.165) is 35.4 Å². The van der Waals surface area contributed by atoms with Crippen LogP contribution in [-0.2, 0) is 6.42 Å². The van der Waals surface area contributed by atoms with Gasteiger partial charge in [0.05, 0.1) is 0 Å². The number of unbranched alkanes of at least 4 members (excludes halogenated alkanes) is 1. The number of benzene rings is 3. The zero-order chi connectivity index (χ0) is 22.3. The van der Waals surface area contributed by atoms with Crippen LogP contribution in [0.5, 0.6) is 0 Å². The minimum atomic E-state index is -0.823. The number of halogens is 2. The van der Waals surface area contributed by atoms with E-state index in [1.54, 1.807) is 24.3 Å². The highest BCUT2D eigenvalue weighted by molar-refractivity contribution is 5.84. The van der Waals surface area contributed by atoms with Crippen molar-refractivity contribution in [3.05, 3.63) is 82.9 Å². The van der Waals surface area contributed by atoms with Crippen LogP contribution in [0.4, 0.5) is 8.78 Å². The van der Waals surface area contributed by atoms with Gasteiger partial charge in [0.25, 0.3) is 0 Å². The highest BCUT2D eigenvalue weighted by Gasteiger charge is 2.20. The van der Waals surface area contributed by atoms with E-state index in [0.29, 0.717) is 5.39 Å². The Hall–Kier alpha value is -2.66. The molecule has 32 heavy (non-hydrogen) atoms. The van der Waals surface area contributed by atoms with Gasteiger partial charge in [-0.1, -0.05) is 88.0 Å². The molecule has 0 saturated heterocycles. The molecule has 1 aliphatic rings. The van der Waals surface area contributed by atoms with Crippen molar-refractivity contribution >= 4 is 10.8 Å². The molecule has 0 heterocycles. The Bertz CT molecular complexity index is 1090. The number of hydrogen-bond donors (Lipinski definition) is 0. The Kier molecular flexibility index (Phi) is 7.59. The fourth-order valence-electron chi connectivity index (χ4n) is 4.91. The van der Waals surface area contributed by atoms with Crippen molar-refractivity contribution in [3.8, 4) is 11.8 Å². The van der Waals surface area contributed by atoms with Crippen LogP contribution in [0.25, 0.3) is 10.8 Å². The summed E-state index contributed by atoms with van der Waals surface area (Å²) in [6, 6.07) is 16.4. The molecule has 1 aliphatic carbocycles. The van der Waals surface area contributed by atoms with Crippen molar-refractivity contribution in [2.24, 2.45) is 11.8 Å². The molecule has 0 amide bonds. The summed E-state index contributed by atoms with van der Waals surface area (Å²) in [5.41, 5.74) is 3.14. The van der Waals surface area contributed by atoms with E-state index in [2.05, 4.69) is 43.0 Å². The van der Waals surface area contributed by atoms with Crippen LogP contribution in [0.2, 0.25) is 0 Å². The largest absolute Gasteiger partial charge is 0.204 e. The van der Waals surface area contributed by atoms with Crippen molar-refractivity contribution in [3.63, 3.8) is 0 Å². The van der Waals surface area contributed by atoms with E-state index < -0.39 is 11.6 Å². The minimum absolute atomic E-state index is 0.286. The number of fused-ring (bicyclic) bond motifs is 1. The van der Waals surface area contributed by atoms with Gasteiger partial charge in [-0.15, -0.1) is 0 Å². The lowest BCUT2D eigenvalue weighted by molar-refractivity contribution is 0.250. The molecule has 1 saturated carbocycles. The smallest absolute Gasteiger partial charge is 0.166 e. The highest BCUT2D eigenvalue weighted by atomic mass is 19.2. The van der Waals surface area contributed by atoms with Gasteiger partial charge in [-0.05, 0) is 66.0 Å². The SMILES string of the molecule is CCCCC1CCC(CCc2ccc(C#Cc3ccc4c(F)c(F)ccc4c3)cc2)CC1. The third-order valence-electron chi connectivity index (χ3n) is 6.99. The second kappa shape index (κ2) is 10.8. The van der Waals surface area contributed by atoms with Gasteiger partial charge in [0, 0.05) is 16.5 Å². The minimum Gasteiger partial charge on any atom is -0.204 e. The quantitative estimate of drug-likeness (QED) is 0.344. The van der Waals surface area contributed by atoms with Crippen molar-refractivity contribution < 1.29 is 8.78 Å². The molecule has 0 nitrogen and oxygen atoms in total. The first-order valence-electron chi connectivity index (χ1n) is 12.1. The maximum absolute atomic E-state index is 13.9. The lowest BCUT2D eigenvalue weighted by Gasteiger charge is -2.28. The van der Waals surface area contributed by atoms with Crippen LogP contribution in [-0.4, -0.2) is 0 Å². The summed E-state index contributed by atoms with van der Waals surface area (Å²) in [4.78, 5) is 0. The molecule has 2 heteroatoms. The van der Waals surface area contributed by atoms with Crippen LogP contribution >= 0.6 is 0 Å². The molecule has 3 aromatic carbocycles. The lowest BCUT2D eigenvalue weighted by Crippen LogP contribution is -2.15. The Labute approximate surface area is 191 Å². The van der Waals surface area contributed by atoms with Crippen molar-refractivity contribution in [2.45, 2.75) is 64.7 Å². The molecule has 0 aromatic heterocycles. The van der Waals surface area contributed by atoms with E-state index in [1.807, 2.05) is 0 Å². The Morgan fingerprint density at radius 3 is 2.16 bits per heavy atom. The normalized spacial score (nSPS) is 18.3. The average Bonchev–Trinajstić information content (AvgIpc) is 2.84. The van der Waals surface area contributed by atoms with Gasteiger partial charge in [0.2, 0.25) is 0 Å². The second-order valence-corrected chi connectivity index (χ2v) is 9.31. The summed E-state index contributed by atoms with van der Waals surface area (Å²) in [5.74, 6) is 6.57. The fourth-order valence-corrected chi connectivity index (χ4v) is 4.91. The van der Waals surface area contributed by atoms with Crippen LogP contribution in [0, 0.1) is 35.3 Å². The van der Waals surface area contributed by atoms with Gasteiger partial charge in [0.1, 0.15) is 0 Å². The molecule has 0 aliphatic heterocycles. The Balaban J connectivity index is 1.31. The molecule has 0 spiro atoms. The summed E-state index contributed by atoms with van der Waals surface area (Å²) >= 11 is 0. The van der Waals surface area contributed by atoms with Crippen LogP contribution in [0.1, 0.15) is 75.0 Å². The van der Waals surface area contributed by atoms with Gasteiger partial charge in [-0.3, -0.25) is 0 Å². The van der Waals surface area contributed by atoms with Gasteiger partial charge in [0.15, 0.2) is 11.6 Å². The number of aryl methyl sites for hydroxylation is 1. The summed E-state index contributed by atoms with van der Waals surface area (Å²) < 4.78 is 27.2. The topological polar surface area (TPSA) is 0 Å². The summed E-state index contributed by atoms with van der Waals surface area (Å²) in [6.45, 7) is 2.29. The second-order valence-electron chi connectivity index (χ2n) is 9.31. The van der Waals surface area contributed by atoms with E-state index in [1.165, 1.54) is 56.9 Å². The van der Waals surface area contributed by atoms with Gasteiger partial charge in [-0.25, -0.2) is 8.78 Å². The third-order valence-corrected chi connectivity index (χ3v) is 6.99. The maximum atomic E-state index is 13.9. The number of rotatable bonds is 6. The first-order chi connectivity index (χ1) is 15.6. The zero-order valence-corrected chi connectivity index (χ0v) is 19.0. The van der Waals surface area contributed by atoms with Crippen LogP contribution in [0.15, 0.2) is 54.6 Å². The Morgan fingerprint density at radius 2 is 1.44 bits per heavy atom. The standard InChI is InChI=1S/C30H32F2/c1-2-3-4-22-5-7-23(8-6-22)9-10-24-11-13-25(14-12-24)15-16-26-17-19-28-27(21-26)18-20-29(31)30(28)32/h11-14,17-23H,2-10H2,1H3. The highest BCUT2D eigenvalue weighted by Crippen LogP contribution is 2.34. The van der Waals surface area contributed by atoms with Crippen molar-refractivity contribution in [1.29, 1.82) is 0 Å². The van der Waals surface area contributed by atoms with Crippen LogP contribution in [0.3, 0.4) is 0 Å². The lowest BCUT2D eigenvalue weighted by atomic mass is 9.78. The van der Waals surface area contributed by atoms with Crippen molar-refractivity contribution in [2.75, 3.05) is 0 Å². The molecule has 0 atom stereocenters. The predicted octanol–water partition coefficient (Wildman–Crippen LogP) is 8.45. The van der Waals surface area contributed by atoms with E-state index in [9.17, 15) is 8.78 Å². The molecule has 0 radical (unpaired) electrons. The first kappa shape index (κ1) is 22.5. The average molecular weight is 431 g/mol. The van der Waals surface area contributed by atoms with Gasteiger partial charge >= 0.3 is 0 Å². The maximum Gasteiger partial charge on any atom is 0.166 e. The first-order valence-corrected chi connectivity index (χ1v) is 12.1. The van der Waals surface area contributed by atoms with E-state index in [-0.39, 0.29) is 5.39 Å². The summed E-state index contributed by atoms with van der Waals surface area (Å²) in [6.07, 6.45) is 12.2. The zero-order valence-electron chi connectivity index (χ0n) is 19.0. The molecule has 4 rings (SSSR count). The summed E-state index contributed by atoms with van der Waals surface area (Å²) in [7, 11) is 0. The molecule has 3 aromatic rings.